The third-order valence-corrected chi connectivity index (χ3v) is 4.73. The van der Waals surface area contributed by atoms with Crippen molar-refractivity contribution in [3.8, 4) is 11.4 Å². The van der Waals surface area contributed by atoms with Gasteiger partial charge in [0.2, 0.25) is 0 Å². The highest BCUT2D eigenvalue weighted by atomic mass is 16.3. The molecular formula is C19H21N3O. The van der Waals surface area contributed by atoms with E-state index in [1.54, 1.807) is 12.4 Å². The lowest BCUT2D eigenvalue weighted by Crippen LogP contribution is -2.28. The summed E-state index contributed by atoms with van der Waals surface area (Å²) in [5, 5.41) is 1.12. The zero-order valence-corrected chi connectivity index (χ0v) is 13.4. The van der Waals surface area contributed by atoms with E-state index in [2.05, 4.69) is 33.9 Å². The maximum atomic E-state index is 5.99. The Bertz CT molecular complexity index is 797. The van der Waals surface area contributed by atoms with Gasteiger partial charge in [-0.2, -0.15) is 0 Å². The molecule has 4 heteroatoms. The van der Waals surface area contributed by atoms with Crippen LogP contribution in [0.4, 0.5) is 0 Å². The number of fused-ring (bicyclic) bond motifs is 1. The van der Waals surface area contributed by atoms with E-state index >= 15 is 0 Å². The molecular weight excluding hydrogens is 286 g/mol. The molecule has 3 aromatic rings. The molecule has 4 rings (SSSR count). The largest absolute Gasteiger partial charge is 0.461 e. The summed E-state index contributed by atoms with van der Waals surface area (Å²) in [4.78, 5) is 11.2. The number of hydrogen-bond acceptors (Lipinski definition) is 4. The minimum Gasteiger partial charge on any atom is -0.461 e. The Morgan fingerprint density at radius 2 is 2.09 bits per heavy atom. The van der Waals surface area contributed by atoms with Gasteiger partial charge in [0.1, 0.15) is 11.3 Å². The summed E-state index contributed by atoms with van der Waals surface area (Å²) in [6.07, 6.45) is 7.15. The SMILES string of the molecule is C[C@@H]1CCCN1CCc1cc2cc(-c3ncccn3)ccc2o1. The number of hydrogen-bond donors (Lipinski definition) is 0. The van der Waals surface area contributed by atoms with Gasteiger partial charge in [-0.1, -0.05) is 0 Å². The lowest BCUT2D eigenvalue weighted by atomic mass is 10.1. The Labute approximate surface area is 136 Å². The van der Waals surface area contributed by atoms with E-state index in [1.165, 1.54) is 19.4 Å². The Morgan fingerprint density at radius 3 is 2.87 bits per heavy atom. The van der Waals surface area contributed by atoms with Gasteiger partial charge >= 0.3 is 0 Å². The molecule has 0 radical (unpaired) electrons. The Balaban J connectivity index is 1.54. The van der Waals surface area contributed by atoms with Crippen molar-refractivity contribution in [3.63, 3.8) is 0 Å². The van der Waals surface area contributed by atoms with Crippen LogP contribution in [0.15, 0.2) is 47.1 Å². The normalized spacial score (nSPS) is 18.7. The topological polar surface area (TPSA) is 42.2 Å². The van der Waals surface area contributed by atoms with Gasteiger partial charge in [-0.25, -0.2) is 9.97 Å². The fraction of sp³-hybridized carbons (Fsp3) is 0.368. The number of aromatic nitrogens is 2. The number of likely N-dealkylation sites (tertiary alicyclic amines) is 1. The summed E-state index contributed by atoms with van der Waals surface area (Å²) < 4.78 is 5.99. The molecule has 2 aromatic heterocycles. The van der Waals surface area contributed by atoms with Crippen LogP contribution in [0.1, 0.15) is 25.5 Å². The molecule has 1 fully saturated rings. The maximum Gasteiger partial charge on any atom is 0.159 e. The Morgan fingerprint density at radius 1 is 1.22 bits per heavy atom. The van der Waals surface area contributed by atoms with Gasteiger partial charge in [0.25, 0.3) is 0 Å². The monoisotopic (exact) mass is 307 g/mol. The molecule has 118 valence electrons. The summed E-state index contributed by atoms with van der Waals surface area (Å²) in [5.41, 5.74) is 1.97. The molecule has 0 amide bonds. The van der Waals surface area contributed by atoms with Crippen molar-refractivity contribution >= 4 is 11.0 Å². The van der Waals surface area contributed by atoms with Crippen LogP contribution in [0.3, 0.4) is 0 Å². The van der Waals surface area contributed by atoms with Crippen molar-refractivity contribution in [2.45, 2.75) is 32.2 Å². The molecule has 1 aromatic carbocycles. The molecule has 0 unspecified atom stereocenters. The highest BCUT2D eigenvalue weighted by Crippen LogP contribution is 2.25. The van der Waals surface area contributed by atoms with Crippen molar-refractivity contribution in [2.24, 2.45) is 0 Å². The van der Waals surface area contributed by atoms with Crippen LogP contribution in [-0.2, 0) is 6.42 Å². The van der Waals surface area contributed by atoms with E-state index in [0.29, 0.717) is 6.04 Å². The molecule has 0 saturated carbocycles. The standard InChI is InChI=1S/C19H21N3O/c1-14-4-2-10-22(14)11-7-17-13-16-12-15(5-6-18(16)23-17)19-20-8-3-9-21-19/h3,5-6,8-9,12-14H,2,4,7,10-11H2,1H3/t14-/m1/s1. The minimum absolute atomic E-state index is 0.709. The highest BCUT2D eigenvalue weighted by Gasteiger charge is 2.20. The summed E-state index contributed by atoms with van der Waals surface area (Å²) >= 11 is 0. The molecule has 0 spiro atoms. The van der Waals surface area contributed by atoms with Crippen LogP contribution in [0, 0.1) is 0 Å². The summed E-state index contributed by atoms with van der Waals surface area (Å²) in [6.45, 7) is 4.62. The Kier molecular flexibility index (Phi) is 3.83. The smallest absolute Gasteiger partial charge is 0.159 e. The van der Waals surface area contributed by atoms with Crippen LogP contribution in [-0.4, -0.2) is 34.0 Å². The Hall–Kier alpha value is -2.20. The fourth-order valence-electron chi connectivity index (χ4n) is 3.39. The molecule has 3 heterocycles. The van der Waals surface area contributed by atoms with E-state index in [1.807, 2.05) is 18.2 Å². The second kappa shape index (κ2) is 6.13. The summed E-state index contributed by atoms with van der Waals surface area (Å²) in [7, 11) is 0. The average Bonchev–Trinajstić information content (AvgIpc) is 3.18. The maximum absolute atomic E-state index is 5.99. The van der Waals surface area contributed by atoms with Crippen molar-refractivity contribution < 1.29 is 4.42 Å². The first-order valence-electron chi connectivity index (χ1n) is 8.33. The number of furan rings is 1. The molecule has 1 aliphatic rings. The average molecular weight is 307 g/mol. The van der Waals surface area contributed by atoms with Crippen molar-refractivity contribution in [1.29, 1.82) is 0 Å². The third kappa shape index (κ3) is 2.99. The second-order valence-corrected chi connectivity index (χ2v) is 6.31. The van der Waals surface area contributed by atoms with E-state index in [4.69, 9.17) is 4.42 Å². The van der Waals surface area contributed by atoms with E-state index < -0.39 is 0 Å². The first-order valence-corrected chi connectivity index (χ1v) is 8.33. The quantitative estimate of drug-likeness (QED) is 0.732. The molecule has 0 N–H and O–H groups in total. The van der Waals surface area contributed by atoms with Gasteiger partial charge in [0, 0.05) is 42.4 Å². The predicted octanol–water partition coefficient (Wildman–Crippen LogP) is 3.92. The minimum atomic E-state index is 0.709. The van der Waals surface area contributed by atoms with E-state index in [0.717, 1.165) is 41.1 Å². The molecule has 23 heavy (non-hydrogen) atoms. The second-order valence-electron chi connectivity index (χ2n) is 6.31. The van der Waals surface area contributed by atoms with Gasteiger partial charge < -0.3 is 9.32 Å². The lowest BCUT2D eigenvalue weighted by molar-refractivity contribution is 0.266. The van der Waals surface area contributed by atoms with Crippen LogP contribution >= 0.6 is 0 Å². The first-order chi connectivity index (χ1) is 11.3. The van der Waals surface area contributed by atoms with E-state index in [-0.39, 0.29) is 0 Å². The van der Waals surface area contributed by atoms with Gasteiger partial charge in [0.15, 0.2) is 5.82 Å². The van der Waals surface area contributed by atoms with Crippen LogP contribution in [0.5, 0.6) is 0 Å². The molecule has 1 aliphatic heterocycles. The number of benzene rings is 1. The molecule has 1 atom stereocenters. The summed E-state index contributed by atoms with van der Waals surface area (Å²) in [6, 6.07) is 10.8. The molecule has 0 bridgehead atoms. The van der Waals surface area contributed by atoms with E-state index in [9.17, 15) is 0 Å². The first kappa shape index (κ1) is 14.4. The number of nitrogens with zero attached hydrogens (tertiary/aromatic N) is 3. The molecule has 4 nitrogen and oxygen atoms in total. The predicted molar refractivity (Wildman–Crippen MR) is 91.2 cm³/mol. The van der Waals surface area contributed by atoms with Crippen LogP contribution in [0.25, 0.3) is 22.4 Å². The van der Waals surface area contributed by atoms with Crippen LogP contribution in [0.2, 0.25) is 0 Å². The van der Waals surface area contributed by atoms with Gasteiger partial charge in [-0.3, -0.25) is 0 Å². The van der Waals surface area contributed by atoms with Crippen molar-refractivity contribution in [2.75, 3.05) is 13.1 Å². The lowest BCUT2D eigenvalue weighted by Gasteiger charge is -2.19. The van der Waals surface area contributed by atoms with Crippen molar-refractivity contribution in [1.82, 2.24) is 14.9 Å². The molecule has 0 aliphatic carbocycles. The van der Waals surface area contributed by atoms with Gasteiger partial charge in [-0.05, 0) is 56.6 Å². The highest BCUT2D eigenvalue weighted by molar-refractivity contribution is 5.82. The zero-order chi connectivity index (χ0) is 15.6. The molecule has 1 saturated heterocycles. The summed E-state index contributed by atoms with van der Waals surface area (Å²) in [5.74, 6) is 1.81. The number of rotatable bonds is 4. The fourth-order valence-corrected chi connectivity index (χ4v) is 3.39. The van der Waals surface area contributed by atoms with Crippen LogP contribution < -0.4 is 0 Å². The zero-order valence-electron chi connectivity index (χ0n) is 13.4. The third-order valence-electron chi connectivity index (χ3n) is 4.73. The van der Waals surface area contributed by atoms with Gasteiger partial charge in [0.05, 0.1) is 0 Å². The van der Waals surface area contributed by atoms with Crippen molar-refractivity contribution in [3.05, 3.63) is 48.5 Å². The van der Waals surface area contributed by atoms with Gasteiger partial charge in [-0.15, -0.1) is 0 Å².